The molecule has 0 amide bonds. The first-order valence-electron chi connectivity index (χ1n) is 9.14. The number of aromatic amines is 1. The normalized spacial score (nSPS) is 16.7. The number of halogens is 5. The van der Waals surface area contributed by atoms with Crippen molar-refractivity contribution in [3.8, 4) is 11.1 Å². The molecule has 31 heavy (non-hydrogen) atoms. The topological polar surface area (TPSA) is 58.1 Å². The number of nitrogens with zero attached hydrogens (tertiary/aromatic N) is 2. The average Bonchev–Trinajstić information content (AvgIpc) is 2.86. The Balaban J connectivity index is 2.20. The van der Waals surface area contributed by atoms with Gasteiger partial charge in [0.1, 0.15) is 11.6 Å². The molecule has 0 fully saturated rings. The van der Waals surface area contributed by atoms with Gasteiger partial charge in [-0.2, -0.15) is 13.2 Å². The minimum atomic E-state index is -4.93. The predicted octanol–water partition coefficient (Wildman–Crippen LogP) is 3.69. The summed E-state index contributed by atoms with van der Waals surface area (Å²) in [7, 11) is 3.52. The first-order chi connectivity index (χ1) is 14.5. The second-order valence-electron chi connectivity index (χ2n) is 7.44. The molecule has 4 rings (SSSR count). The third kappa shape index (κ3) is 3.65. The van der Waals surface area contributed by atoms with Crippen LogP contribution < -0.4 is 11.2 Å². The lowest BCUT2D eigenvalue weighted by atomic mass is 9.96. The van der Waals surface area contributed by atoms with Crippen molar-refractivity contribution in [2.24, 2.45) is 0 Å². The smallest absolute Gasteiger partial charge is 0.304 e. The van der Waals surface area contributed by atoms with Gasteiger partial charge >= 0.3 is 11.9 Å². The quantitative estimate of drug-likeness (QED) is 0.597. The molecule has 2 aromatic carbocycles. The van der Waals surface area contributed by atoms with Crippen LogP contribution in [0.4, 0.5) is 22.0 Å². The number of hydrogen-bond donors (Lipinski definition) is 1. The number of benzene rings is 2. The van der Waals surface area contributed by atoms with Crippen LogP contribution in [0.2, 0.25) is 0 Å². The van der Waals surface area contributed by atoms with Crippen molar-refractivity contribution in [3.05, 3.63) is 62.3 Å². The number of rotatable bonds is 2. The molecule has 0 saturated heterocycles. The summed E-state index contributed by atoms with van der Waals surface area (Å²) in [6.45, 7) is 0.121. The molecule has 0 aliphatic carbocycles. The fourth-order valence-corrected chi connectivity index (χ4v) is 5.16. The fraction of sp³-hybridized carbons (Fsp3) is 0.300. The molecule has 0 spiro atoms. The third-order valence-corrected chi connectivity index (χ3v) is 6.52. The molecule has 2 heterocycles. The van der Waals surface area contributed by atoms with Gasteiger partial charge in [-0.1, -0.05) is 0 Å². The fourth-order valence-electron chi connectivity index (χ4n) is 3.68. The first kappa shape index (κ1) is 21.6. The van der Waals surface area contributed by atoms with E-state index in [0.717, 1.165) is 23.9 Å². The number of hydrogen-bond acceptors (Lipinski definition) is 4. The van der Waals surface area contributed by atoms with Gasteiger partial charge in [0.15, 0.2) is 0 Å². The van der Waals surface area contributed by atoms with Crippen molar-refractivity contribution in [3.63, 3.8) is 0 Å². The molecule has 0 bridgehead atoms. The van der Waals surface area contributed by atoms with Crippen molar-refractivity contribution in [1.82, 2.24) is 14.5 Å². The van der Waals surface area contributed by atoms with Gasteiger partial charge in [0.25, 0.3) is 5.56 Å². The number of nitrogens with one attached hydrogen (secondary N) is 1. The highest BCUT2D eigenvalue weighted by Gasteiger charge is 2.38. The van der Waals surface area contributed by atoms with Crippen LogP contribution in [0.1, 0.15) is 5.56 Å². The lowest BCUT2D eigenvalue weighted by Crippen LogP contribution is -2.39. The molecule has 1 N–H and O–H groups in total. The predicted molar refractivity (Wildman–Crippen MR) is 107 cm³/mol. The van der Waals surface area contributed by atoms with Crippen LogP contribution in [0.5, 0.6) is 0 Å². The zero-order valence-electron chi connectivity index (χ0n) is 16.3. The summed E-state index contributed by atoms with van der Waals surface area (Å²) >= 11 is 1.01. The molecule has 1 aliphatic rings. The lowest BCUT2D eigenvalue weighted by molar-refractivity contribution is -0.137. The van der Waals surface area contributed by atoms with Crippen LogP contribution in [0, 0.1) is 11.6 Å². The van der Waals surface area contributed by atoms with Crippen LogP contribution >= 0.6 is 11.8 Å². The maximum atomic E-state index is 14.6. The molecule has 5 nitrogen and oxygen atoms in total. The maximum Gasteiger partial charge on any atom is 0.417 e. The van der Waals surface area contributed by atoms with E-state index < -0.39 is 45.8 Å². The van der Waals surface area contributed by atoms with Gasteiger partial charge in [-0.05, 0) is 32.3 Å². The van der Waals surface area contributed by atoms with Crippen molar-refractivity contribution < 1.29 is 22.0 Å². The number of alkyl halides is 3. The standard InChI is InChI=1S/C20H16F5N3O2S/c1-27(2)10-7-28-16-12(18(29)26-19(28)30)6-13(20(23,24)25)15(17(16)31-8-10)11-4-3-9(21)5-14(11)22/h3-6,10H,7-8H2,1-2H3,(H,26,29,30). The van der Waals surface area contributed by atoms with Gasteiger partial charge in [0.05, 0.1) is 16.5 Å². The SMILES string of the molecule is CN(C)C1CSc2c(-c3ccc(F)cc3F)c(C(F)(F)F)cc3c(=O)[nH]c(=O)n(c23)C1. The Hall–Kier alpha value is -2.66. The van der Waals surface area contributed by atoms with Gasteiger partial charge in [-0.25, -0.2) is 13.6 Å². The minimum absolute atomic E-state index is 0.00910. The Kier molecular flexibility index (Phi) is 5.21. The highest BCUT2D eigenvalue weighted by atomic mass is 32.2. The molecule has 0 radical (unpaired) electrons. The van der Waals surface area contributed by atoms with E-state index in [9.17, 15) is 31.5 Å². The number of thioether (sulfide) groups is 1. The Morgan fingerprint density at radius 1 is 1.16 bits per heavy atom. The second-order valence-corrected chi connectivity index (χ2v) is 8.47. The molecule has 164 valence electrons. The van der Waals surface area contributed by atoms with E-state index in [1.165, 1.54) is 4.57 Å². The van der Waals surface area contributed by atoms with Crippen molar-refractivity contribution >= 4 is 22.7 Å². The third-order valence-electron chi connectivity index (χ3n) is 5.28. The Morgan fingerprint density at radius 3 is 2.48 bits per heavy atom. The highest BCUT2D eigenvalue weighted by molar-refractivity contribution is 7.99. The molecule has 1 aromatic heterocycles. The molecule has 1 aliphatic heterocycles. The summed E-state index contributed by atoms with van der Waals surface area (Å²) in [5.41, 5.74) is -3.92. The summed E-state index contributed by atoms with van der Waals surface area (Å²) in [5.74, 6) is -1.82. The van der Waals surface area contributed by atoms with E-state index in [1.54, 1.807) is 14.1 Å². The van der Waals surface area contributed by atoms with E-state index in [-0.39, 0.29) is 34.1 Å². The number of likely N-dealkylation sites (N-methyl/N-ethyl adjacent to an activating group) is 1. The van der Waals surface area contributed by atoms with Crippen LogP contribution in [-0.4, -0.2) is 40.3 Å². The van der Waals surface area contributed by atoms with E-state index in [2.05, 4.69) is 4.98 Å². The molecule has 3 aromatic rings. The Bertz CT molecular complexity index is 1310. The Morgan fingerprint density at radius 2 is 1.87 bits per heavy atom. The molecule has 1 unspecified atom stereocenters. The average molecular weight is 457 g/mol. The van der Waals surface area contributed by atoms with Gasteiger partial charge in [-0.15, -0.1) is 11.8 Å². The monoisotopic (exact) mass is 457 g/mol. The minimum Gasteiger partial charge on any atom is -0.304 e. The highest BCUT2D eigenvalue weighted by Crippen LogP contribution is 2.47. The van der Waals surface area contributed by atoms with Crippen LogP contribution in [0.15, 0.2) is 38.8 Å². The lowest BCUT2D eigenvalue weighted by Gasteiger charge is -2.22. The first-order valence-corrected chi connectivity index (χ1v) is 10.1. The van der Waals surface area contributed by atoms with Crippen LogP contribution in [0.25, 0.3) is 22.0 Å². The number of aromatic nitrogens is 2. The summed E-state index contributed by atoms with van der Waals surface area (Å²) in [5, 5.41) is -0.319. The summed E-state index contributed by atoms with van der Waals surface area (Å²) in [6, 6.07) is 2.68. The zero-order chi connectivity index (χ0) is 22.7. The largest absolute Gasteiger partial charge is 0.417 e. The summed E-state index contributed by atoms with van der Waals surface area (Å²) < 4.78 is 71.4. The van der Waals surface area contributed by atoms with E-state index in [0.29, 0.717) is 12.1 Å². The van der Waals surface area contributed by atoms with Gasteiger partial charge in [0, 0.05) is 40.4 Å². The summed E-state index contributed by atoms with van der Waals surface area (Å²) in [4.78, 5) is 28.8. The number of H-pyrrole nitrogens is 1. The maximum absolute atomic E-state index is 14.6. The van der Waals surface area contributed by atoms with Crippen molar-refractivity contribution in [1.29, 1.82) is 0 Å². The molecule has 11 heteroatoms. The van der Waals surface area contributed by atoms with Crippen molar-refractivity contribution in [2.45, 2.75) is 23.7 Å². The van der Waals surface area contributed by atoms with Gasteiger partial charge in [-0.3, -0.25) is 14.3 Å². The zero-order valence-corrected chi connectivity index (χ0v) is 17.1. The second kappa shape index (κ2) is 7.49. The van der Waals surface area contributed by atoms with E-state index in [4.69, 9.17) is 0 Å². The van der Waals surface area contributed by atoms with Gasteiger partial charge < -0.3 is 4.90 Å². The van der Waals surface area contributed by atoms with Crippen molar-refractivity contribution in [2.75, 3.05) is 19.8 Å². The molecular formula is C20H16F5N3O2S. The van der Waals surface area contributed by atoms with E-state index in [1.807, 2.05) is 4.90 Å². The molecule has 0 saturated carbocycles. The summed E-state index contributed by atoms with van der Waals surface area (Å²) in [6.07, 6.45) is -4.93. The van der Waals surface area contributed by atoms with E-state index >= 15 is 0 Å². The molecule has 1 atom stereocenters. The molecular weight excluding hydrogens is 441 g/mol. The van der Waals surface area contributed by atoms with Crippen LogP contribution in [0.3, 0.4) is 0 Å². The van der Waals surface area contributed by atoms with Crippen LogP contribution in [-0.2, 0) is 12.7 Å². The Labute approximate surface area is 176 Å². The van der Waals surface area contributed by atoms with Gasteiger partial charge in [0.2, 0.25) is 0 Å².